The highest BCUT2D eigenvalue weighted by Crippen LogP contribution is 2.29. The van der Waals surface area contributed by atoms with Gasteiger partial charge in [-0.2, -0.15) is 0 Å². The molecular formula is C16H27N3O2. The molecule has 0 bridgehead atoms. The molecule has 1 fully saturated rings. The molecule has 0 spiro atoms. The first kappa shape index (κ1) is 16.0. The summed E-state index contributed by atoms with van der Waals surface area (Å²) in [5, 5.41) is 8.44. The second kappa shape index (κ2) is 7.57. The summed E-state index contributed by atoms with van der Waals surface area (Å²) in [4.78, 5) is 12.1. The third kappa shape index (κ3) is 4.05. The molecule has 1 aliphatic rings. The number of hydrogen-bond donors (Lipinski definition) is 0. The Morgan fingerprint density at radius 1 is 1.29 bits per heavy atom. The summed E-state index contributed by atoms with van der Waals surface area (Å²) in [5.41, 5.74) is 1.37. The number of rotatable bonds is 5. The van der Waals surface area contributed by atoms with Gasteiger partial charge in [0.25, 0.3) is 0 Å². The standard InChI is InChI=1S/C16H27N3O2/c1-4-21-16(20)15-14(11-12(2)3)19(18-17-15)13-9-7-5-6-8-10-13/h12-13H,4-11H2,1-3H3. The van der Waals surface area contributed by atoms with E-state index in [0.29, 0.717) is 24.3 Å². The van der Waals surface area contributed by atoms with E-state index in [9.17, 15) is 4.79 Å². The maximum absolute atomic E-state index is 12.1. The molecule has 0 unspecified atom stereocenters. The van der Waals surface area contributed by atoms with Crippen LogP contribution in [0.25, 0.3) is 0 Å². The first-order valence-electron chi connectivity index (χ1n) is 8.24. The van der Waals surface area contributed by atoms with E-state index < -0.39 is 0 Å². The van der Waals surface area contributed by atoms with Crippen molar-refractivity contribution in [1.29, 1.82) is 0 Å². The molecule has 2 rings (SSSR count). The van der Waals surface area contributed by atoms with Crippen molar-refractivity contribution >= 4 is 5.97 Å². The summed E-state index contributed by atoms with van der Waals surface area (Å²) in [7, 11) is 0. The third-order valence-corrected chi connectivity index (χ3v) is 4.03. The van der Waals surface area contributed by atoms with Gasteiger partial charge < -0.3 is 4.74 Å². The predicted molar refractivity (Wildman–Crippen MR) is 81.3 cm³/mol. The number of aromatic nitrogens is 3. The number of esters is 1. The minimum Gasteiger partial charge on any atom is -0.461 e. The maximum Gasteiger partial charge on any atom is 0.360 e. The smallest absolute Gasteiger partial charge is 0.360 e. The highest BCUT2D eigenvalue weighted by Gasteiger charge is 2.25. The summed E-state index contributed by atoms with van der Waals surface area (Å²) in [6, 6.07) is 0.386. The zero-order valence-corrected chi connectivity index (χ0v) is 13.5. The van der Waals surface area contributed by atoms with Gasteiger partial charge in [-0.15, -0.1) is 5.10 Å². The summed E-state index contributed by atoms with van der Waals surface area (Å²) in [5.74, 6) is 0.120. The van der Waals surface area contributed by atoms with Gasteiger partial charge in [0.15, 0.2) is 5.69 Å². The highest BCUT2D eigenvalue weighted by molar-refractivity contribution is 5.88. The predicted octanol–water partition coefficient (Wildman–Crippen LogP) is 3.55. The molecule has 0 radical (unpaired) electrons. The van der Waals surface area contributed by atoms with Crippen molar-refractivity contribution in [1.82, 2.24) is 15.0 Å². The molecule has 0 aromatic carbocycles. The molecule has 0 atom stereocenters. The largest absolute Gasteiger partial charge is 0.461 e. The first-order valence-corrected chi connectivity index (χ1v) is 8.24. The monoisotopic (exact) mass is 293 g/mol. The Morgan fingerprint density at radius 2 is 1.95 bits per heavy atom. The van der Waals surface area contributed by atoms with Crippen molar-refractivity contribution in [3.63, 3.8) is 0 Å². The Hall–Kier alpha value is -1.39. The number of carbonyl (C=O) groups is 1. The van der Waals surface area contributed by atoms with E-state index in [0.717, 1.165) is 25.0 Å². The van der Waals surface area contributed by atoms with Crippen LogP contribution in [0.2, 0.25) is 0 Å². The molecule has 0 N–H and O–H groups in total. The third-order valence-electron chi connectivity index (χ3n) is 4.03. The first-order chi connectivity index (χ1) is 10.1. The van der Waals surface area contributed by atoms with E-state index in [2.05, 4.69) is 24.2 Å². The fourth-order valence-corrected chi connectivity index (χ4v) is 3.04. The normalized spacial score (nSPS) is 17.0. The van der Waals surface area contributed by atoms with E-state index in [1.807, 2.05) is 11.6 Å². The molecule has 1 aliphatic carbocycles. The summed E-state index contributed by atoms with van der Waals surface area (Å²) in [6.45, 7) is 6.49. The van der Waals surface area contributed by atoms with Crippen LogP contribution in [0.4, 0.5) is 0 Å². The SMILES string of the molecule is CCOC(=O)c1nnn(C2CCCCCC2)c1CC(C)C. The lowest BCUT2D eigenvalue weighted by atomic mass is 10.0. The average molecular weight is 293 g/mol. The van der Waals surface area contributed by atoms with Crippen molar-refractivity contribution < 1.29 is 9.53 Å². The maximum atomic E-state index is 12.1. The van der Waals surface area contributed by atoms with Crippen LogP contribution in [0.3, 0.4) is 0 Å². The van der Waals surface area contributed by atoms with Crippen LogP contribution in [0.5, 0.6) is 0 Å². The van der Waals surface area contributed by atoms with Crippen molar-refractivity contribution in [2.24, 2.45) is 5.92 Å². The fourth-order valence-electron chi connectivity index (χ4n) is 3.04. The van der Waals surface area contributed by atoms with E-state index in [1.165, 1.54) is 25.7 Å². The van der Waals surface area contributed by atoms with E-state index in [4.69, 9.17) is 4.74 Å². The summed E-state index contributed by atoms with van der Waals surface area (Å²) < 4.78 is 7.13. The average Bonchev–Trinajstić information content (AvgIpc) is 2.67. The van der Waals surface area contributed by atoms with E-state index >= 15 is 0 Å². The minimum absolute atomic E-state index is 0.340. The Labute approximate surface area is 127 Å². The van der Waals surface area contributed by atoms with Crippen LogP contribution < -0.4 is 0 Å². The van der Waals surface area contributed by atoms with Gasteiger partial charge >= 0.3 is 5.97 Å². The Balaban J connectivity index is 2.28. The molecule has 5 nitrogen and oxygen atoms in total. The lowest BCUT2D eigenvalue weighted by Gasteiger charge is -2.18. The molecule has 0 saturated heterocycles. The van der Waals surface area contributed by atoms with Crippen LogP contribution in [0, 0.1) is 5.92 Å². The zero-order valence-electron chi connectivity index (χ0n) is 13.5. The molecule has 1 saturated carbocycles. The molecule has 5 heteroatoms. The summed E-state index contributed by atoms with van der Waals surface area (Å²) in [6.07, 6.45) is 8.16. The van der Waals surface area contributed by atoms with Gasteiger partial charge in [-0.3, -0.25) is 0 Å². The molecule has 1 heterocycles. The molecule has 0 amide bonds. The summed E-state index contributed by atoms with van der Waals surface area (Å²) >= 11 is 0. The van der Waals surface area contributed by atoms with Crippen molar-refractivity contribution in [2.75, 3.05) is 6.61 Å². The van der Waals surface area contributed by atoms with Gasteiger partial charge in [-0.05, 0) is 32.1 Å². The lowest BCUT2D eigenvalue weighted by molar-refractivity contribution is 0.0517. The van der Waals surface area contributed by atoms with Gasteiger partial charge in [0.1, 0.15) is 0 Å². The quantitative estimate of drug-likeness (QED) is 0.615. The molecule has 21 heavy (non-hydrogen) atoms. The van der Waals surface area contributed by atoms with Crippen molar-refractivity contribution in [3.05, 3.63) is 11.4 Å². The van der Waals surface area contributed by atoms with E-state index in [-0.39, 0.29) is 5.97 Å². The molecule has 118 valence electrons. The Kier molecular flexibility index (Phi) is 5.76. The Morgan fingerprint density at radius 3 is 2.52 bits per heavy atom. The molecular weight excluding hydrogens is 266 g/mol. The fraction of sp³-hybridized carbons (Fsp3) is 0.812. The second-order valence-corrected chi connectivity index (χ2v) is 6.29. The molecule has 1 aromatic rings. The van der Waals surface area contributed by atoms with Crippen molar-refractivity contribution in [2.45, 2.75) is 71.8 Å². The van der Waals surface area contributed by atoms with Gasteiger partial charge in [-0.25, -0.2) is 9.48 Å². The van der Waals surface area contributed by atoms with Gasteiger partial charge in [0.05, 0.1) is 18.3 Å². The van der Waals surface area contributed by atoms with Crippen LogP contribution in [-0.4, -0.2) is 27.6 Å². The van der Waals surface area contributed by atoms with Crippen LogP contribution in [0.15, 0.2) is 0 Å². The Bertz CT molecular complexity index is 460. The second-order valence-electron chi connectivity index (χ2n) is 6.29. The molecule has 0 aliphatic heterocycles. The lowest BCUT2D eigenvalue weighted by Crippen LogP contribution is -2.17. The zero-order chi connectivity index (χ0) is 15.2. The van der Waals surface area contributed by atoms with Gasteiger partial charge in [0.2, 0.25) is 0 Å². The highest BCUT2D eigenvalue weighted by atomic mass is 16.5. The van der Waals surface area contributed by atoms with Crippen LogP contribution >= 0.6 is 0 Å². The number of nitrogens with zero attached hydrogens (tertiary/aromatic N) is 3. The van der Waals surface area contributed by atoms with Crippen LogP contribution in [0.1, 0.15) is 81.5 Å². The number of ether oxygens (including phenoxy) is 1. The van der Waals surface area contributed by atoms with Crippen LogP contribution in [-0.2, 0) is 11.2 Å². The van der Waals surface area contributed by atoms with Gasteiger partial charge in [0, 0.05) is 0 Å². The van der Waals surface area contributed by atoms with Gasteiger partial charge in [-0.1, -0.05) is 44.7 Å². The van der Waals surface area contributed by atoms with Crippen molar-refractivity contribution in [3.8, 4) is 0 Å². The van der Waals surface area contributed by atoms with E-state index in [1.54, 1.807) is 0 Å². The number of carbonyl (C=O) groups excluding carboxylic acids is 1. The molecule has 1 aromatic heterocycles. The minimum atomic E-state index is -0.340. The number of hydrogen-bond acceptors (Lipinski definition) is 4. The topological polar surface area (TPSA) is 57.0 Å².